The van der Waals surface area contributed by atoms with Gasteiger partial charge < -0.3 is 19.7 Å². The average molecular weight is 392 g/mol. The number of carbonyl (C=O) groups is 1. The first-order chi connectivity index (χ1) is 14.2. The lowest BCUT2D eigenvalue weighted by Gasteiger charge is -2.26. The molecule has 0 radical (unpaired) electrons. The van der Waals surface area contributed by atoms with Crippen LogP contribution in [0.1, 0.15) is 41.6 Å². The van der Waals surface area contributed by atoms with E-state index in [4.69, 9.17) is 4.42 Å². The van der Waals surface area contributed by atoms with Crippen LogP contribution in [0.4, 0.5) is 0 Å². The van der Waals surface area contributed by atoms with Gasteiger partial charge in [0, 0.05) is 23.6 Å². The Morgan fingerprint density at radius 3 is 2.59 bits per heavy atom. The highest BCUT2D eigenvalue weighted by Gasteiger charge is 2.25. The number of likely N-dealkylation sites (tertiary alicyclic amines) is 1. The van der Waals surface area contributed by atoms with E-state index in [-0.39, 0.29) is 11.7 Å². The topological polar surface area (TPSA) is 65.7 Å². The second kappa shape index (κ2) is 8.70. The molecule has 1 aromatic heterocycles. The standard InChI is InChI=1S/C24H28N2O3/c1-25-24(28)22-21-18(11-8-16-26-14-6-3-7-15-26)19(27)12-13-20(21)29-23(22)17-9-4-2-5-10-17/h2,4-5,9-10,12-13,27H,3,6-8,11,14-16H2,1H3,(H,25,28). The van der Waals surface area contributed by atoms with Crippen LogP contribution in [0.15, 0.2) is 46.9 Å². The number of carbonyl (C=O) groups excluding carboxylic acids is 1. The molecule has 1 saturated heterocycles. The van der Waals surface area contributed by atoms with E-state index in [1.807, 2.05) is 30.3 Å². The van der Waals surface area contributed by atoms with E-state index in [2.05, 4.69) is 10.2 Å². The number of nitrogens with one attached hydrogen (secondary N) is 1. The summed E-state index contributed by atoms with van der Waals surface area (Å²) in [7, 11) is 1.62. The van der Waals surface area contributed by atoms with Crippen LogP contribution in [0.2, 0.25) is 0 Å². The van der Waals surface area contributed by atoms with E-state index in [0.717, 1.165) is 42.6 Å². The molecule has 0 bridgehead atoms. The number of fused-ring (bicyclic) bond motifs is 1. The molecule has 0 saturated carbocycles. The van der Waals surface area contributed by atoms with Gasteiger partial charge in [-0.05, 0) is 57.5 Å². The summed E-state index contributed by atoms with van der Waals surface area (Å²) in [6.45, 7) is 3.32. The Kier molecular flexibility index (Phi) is 5.86. The quantitative estimate of drug-likeness (QED) is 0.644. The SMILES string of the molecule is CNC(=O)c1c(-c2ccccc2)oc2ccc(O)c(CCCN3CCCCC3)c12. The van der Waals surface area contributed by atoms with Crippen molar-refractivity contribution < 1.29 is 14.3 Å². The van der Waals surface area contributed by atoms with Gasteiger partial charge in [0.15, 0.2) is 0 Å². The second-order valence-corrected chi connectivity index (χ2v) is 7.69. The fourth-order valence-electron chi connectivity index (χ4n) is 4.30. The van der Waals surface area contributed by atoms with Gasteiger partial charge in [0.2, 0.25) is 0 Å². The van der Waals surface area contributed by atoms with Crippen LogP contribution < -0.4 is 5.32 Å². The van der Waals surface area contributed by atoms with E-state index < -0.39 is 0 Å². The third-order valence-electron chi connectivity index (χ3n) is 5.78. The van der Waals surface area contributed by atoms with E-state index in [1.165, 1.54) is 19.3 Å². The van der Waals surface area contributed by atoms with Gasteiger partial charge in [0.1, 0.15) is 17.1 Å². The second-order valence-electron chi connectivity index (χ2n) is 7.69. The number of furan rings is 1. The number of hydrogen-bond acceptors (Lipinski definition) is 4. The fraction of sp³-hybridized carbons (Fsp3) is 0.375. The minimum Gasteiger partial charge on any atom is -0.508 e. The van der Waals surface area contributed by atoms with Crippen molar-refractivity contribution in [3.05, 3.63) is 53.6 Å². The summed E-state index contributed by atoms with van der Waals surface area (Å²) in [5.74, 6) is 0.565. The molecule has 2 N–H and O–H groups in total. The van der Waals surface area contributed by atoms with Crippen molar-refractivity contribution in [1.82, 2.24) is 10.2 Å². The van der Waals surface area contributed by atoms with Crippen LogP contribution >= 0.6 is 0 Å². The summed E-state index contributed by atoms with van der Waals surface area (Å²) in [4.78, 5) is 15.3. The molecule has 152 valence electrons. The lowest BCUT2D eigenvalue weighted by Crippen LogP contribution is -2.30. The number of benzene rings is 2. The van der Waals surface area contributed by atoms with E-state index >= 15 is 0 Å². The van der Waals surface area contributed by atoms with Crippen molar-refractivity contribution in [2.45, 2.75) is 32.1 Å². The predicted molar refractivity (Wildman–Crippen MR) is 115 cm³/mol. The molecule has 1 aliphatic heterocycles. The minimum absolute atomic E-state index is 0.203. The molecule has 5 nitrogen and oxygen atoms in total. The van der Waals surface area contributed by atoms with E-state index in [9.17, 15) is 9.90 Å². The van der Waals surface area contributed by atoms with Crippen molar-refractivity contribution in [3.8, 4) is 17.1 Å². The van der Waals surface area contributed by atoms with Gasteiger partial charge in [0.05, 0.1) is 5.56 Å². The predicted octanol–water partition coefficient (Wildman–Crippen LogP) is 4.58. The molecule has 1 aliphatic rings. The lowest BCUT2D eigenvalue weighted by molar-refractivity contribution is 0.0964. The molecule has 1 fully saturated rings. The zero-order chi connectivity index (χ0) is 20.2. The minimum atomic E-state index is -0.203. The Labute approximate surface area is 171 Å². The highest BCUT2D eigenvalue weighted by atomic mass is 16.3. The molecule has 4 rings (SSSR count). The highest BCUT2D eigenvalue weighted by Crippen LogP contribution is 2.39. The first-order valence-corrected chi connectivity index (χ1v) is 10.5. The summed E-state index contributed by atoms with van der Waals surface area (Å²) in [5.41, 5.74) is 2.77. The first-order valence-electron chi connectivity index (χ1n) is 10.5. The smallest absolute Gasteiger partial charge is 0.255 e. The number of hydrogen-bond donors (Lipinski definition) is 2. The summed E-state index contributed by atoms with van der Waals surface area (Å²) >= 11 is 0. The highest BCUT2D eigenvalue weighted by molar-refractivity contribution is 6.12. The number of amides is 1. The van der Waals surface area contributed by atoms with Gasteiger partial charge in [-0.25, -0.2) is 0 Å². The van der Waals surface area contributed by atoms with Crippen molar-refractivity contribution in [2.24, 2.45) is 0 Å². The number of phenolic OH excluding ortho intramolecular Hbond substituents is 1. The molecule has 2 aromatic carbocycles. The third-order valence-corrected chi connectivity index (χ3v) is 5.78. The van der Waals surface area contributed by atoms with Gasteiger partial charge in [-0.3, -0.25) is 4.79 Å². The summed E-state index contributed by atoms with van der Waals surface area (Å²) in [6.07, 6.45) is 5.50. The molecule has 2 heterocycles. The molecule has 0 atom stereocenters. The lowest BCUT2D eigenvalue weighted by atomic mass is 9.97. The van der Waals surface area contributed by atoms with E-state index in [0.29, 0.717) is 23.3 Å². The molecule has 0 unspecified atom stereocenters. The van der Waals surface area contributed by atoms with E-state index in [1.54, 1.807) is 19.2 Å². The monoisotopic (exact) mass is 392 g/mol. The summed E-state index contributed by atoms with van der Waals surface area (Å²) in [6, 6.07) is 13.1. The Balaban J connectivity index is 1.72. The summed E-state index contributed by atoms with van der Waals surface area (Å²) in [5, 5.41) is 14.1. The van der Waals surface area contributed by atoms with Crippen LogP contribution in [0.25, 0.3) is 22.3 Å². The Hall–Kier alpha value is -2.79. The average Bonchev–Trinajstić information content (AvgIpc) is 3.16. The molecule has 5 heteroatoms. The zero-order valence-electron chi connectivity index (χ0n) is 16.9. The van der Waals surface area contributed by atoms with Crippen molar-refractivity contribution in [2.75, 3.05) is 26.7 Å². The molecule has 29 heavy (non-hydrogen) atoms. The maximum atomic E-state index is 12.8. The largest absolute Gasteiger partial charge is 0.508 e. The van der Waals surface area contributed by atoms with Crippen LogP contribution in [-0.4, -0.2) is 42.6 Å². The molecule has 0 spiro atoms. The van der Waals surface area contributed by atoms with Crippen LogP contribution in [0.5, 0.6) is 5.75 Å². The molecule has 1 amide bonds. The Bertz CT molecular complexity index is 988. The molecule has 3 aromatic rings. The number of piperidine rings is 1. The summed E-state index contributed by atoms with van der Waals surface area (Å²) < 4.78 is 6.12. The van der Waals surface area contributed by atoms with Gasteiger partial charge in [-0.2, -0.15) is 0 Å². The Morgan fingerprint density at radius 1 is 1.10 bits per heavy atom. The number of phenols is 1. The number of aromatic hydroxyl groups is 1. The first kappa shape index (κ1) is 19.5. The van der Waals surface area contributed by atoms with Crippen molar-refractivity contribution in [3.63, 3.8) is 0 Å². The molecule has 0 aliphatic carbocycles. The molecular formula is C24H28N2O3. The Morgan fingerprint density at radius 2 is 1.86 bits per heavy atom. The van der Waals surface area contributed by atoms with Crippen LogP contribution in [-0.2, 0) is 6.42 Å². The van der Waals surface area contributed by atoms with Crippen molar-refractivity contribution >= 4 is 16.9 Å². The maximum absolute atomic E-state index is 12.8. The maximum Gasteiger partial charge on any atom is 0.255 e. The van der Waals surface area contributed by atoms with Gasteiger partial charge in [-0.1, -0.05) is 36.8 Å². The number of rotatable bonds is 6. The normalized spacial score (nSPS) is 14.9. The fourth-order valence-corrected chi connectivity index (χ4v) is 4.30. The van der Waals surface area contributed by atoms with Gasteiger partial charge in [-0.15, -0.1) is 0 Å². The zero-order valence-corrected chi connectivity index (χ0v) is 16.9. The van der Waals surface area contributed by atoms with Gasteiger partial charge >= 0.3 is 0 Å². The van der Waals surface area contributed by atoms with Crippen LogP contribution in [0, 0.1) is 0 Å². The number of nitrogens with zero attached hydrogens (tertiary/aromatic N) is 1. The molecular weight excluding hydrogens is 364 g/mol. The van der Waals surface area contributed by atoms with Gasteiger partial charge in [0.25, 0.3) is 5.91 Å². The van der Waals surface area contributed by atoms with Crippen LogP contribution in [0.3, 0.4) is 0 Å². The third kappa shape index (κ3) is 4.01. The number of aryl methyl sites for hydroxylation is 1. The van der Waals surface area contributed by atoms with Crippen molar-refractivity contribution in [1.29, 1.82) is 0 Å².